The minimum absolute atomic E-state index is 0.347. The van der Waals surface area contributed by atoms with E-state index >= 15 is 0 Å². The maximum absolute atomic E-state index is 11.9. The van der Waals surface area contributed by atoms with E-state index in [4.69, 9.17) is 13.5 Å². The molecule has 1 heterocycles. The number of rotatable bonds is 6. The van der Waals surface area contributed by atoms with Crippen molar-refractivity contribution in [1.82, 2.24) is 0 Å². The van der Waals surface area contributed by atoms with Gasteiger partial charge in [-0.1, -0.05) is 0 Å². The summed E-state index contributed by atoms with van der Waals surface area (Å²) in [5, 5.41) is 0. The van der Waals surface area contributed by atoms with E-state index in [-0.39, 0.29) is 0 Å². The van der Waals surface area contributed by atoms with Crippen LogP contribution in [-0.4, -0.2) is 13.2 Å². The second-order valence-electron chi connectivity index (χ2n) is 2.71. The molecule has 15 heavy (non-hydrogen) atoms. The molecule has 0 fully saturated rings. The molecule has 0 saturated heterocycles. The van der Waals surface area contributed by atoms with Crippen molar-refractivity contribution in [2.45, 2.75) is 13.8 Å². The Morgan fingerprint density at radius 1 is 1.40 bits per heavy atom. The van der Waals surface area contributed by atoms with Crippen LogP contribution in [-0.2, 0) is 13.6 Å². The molecule has 0 spiro atoms. The van der Waals surface area contributed by atoms with Crippen molar-refractivity contribution in [2.75, 3.05) is 13.2 Å². The molecule has 0 aromatic carbocycles. The van der Waals surface area contributed by atoms with Crippen LogP contribution >= 0.6 is 7.60 Å². The predicted octanol–water partition coefficient (Wildman–Crippen LogP) is 3.52. The van der Waals surface area contributed by atoms with Gasteiger partial charge in [-0.25, -0.2) is 0 Å². The summed E-state index contributed by atoms with van der Waals surface area (Å²) in [4.78, 5) is 0. The standard InChI is InChI=1S/C10H15O4P/c1-3-13-15(11,14-4-2)9-7-10-6-5-8-12-10/h5-9H,3-4H2,1-2H3. The lowest BCUT2D eigenvalue weighted by atomic mass is 10.5. The third kappa shape index (κ3) is 4.04. The van der Waals surface area contributed by atoms with E-state index < -0.39 is 7.60 Å². The van der Waals surface area contributed by atoms with E-state index in [0.29, 0.717) is 19.0 Å². The molecule has 0 aliphatic heterocycles. The molecule has 0 aliphatic rings. The Labute approximate surface area is 89.4 Å². The topological polar surface area (TPSA) is 48.7 Å². The number of hydrogen-bond donors (Lipinski definition) is 0. The molecule has 0 N–H and O–H groups in total. The van der Waals surface area contributed by atoms with Crippen molar-refractivity contribution in [3.63, 3.8) is 0 Å². The Kier molecular flexibility index (Phi) is 4.82. The summed E-state index contributed by atoms with van der Waals surface area (Å²) in [5.74, 6) is 2.04. The van der Waals surface area contributed by atoms with Crippen LogP contribution in [0.5, 0.6) is 0 Å². The van der Waals surface area contributed by atoms with Crippen molar-refractivity contribution < 1.29 is 18.0 Å². The first-order valence-electron chi connectivity index (χ1n) is 4.81. The van der Waals surface area contributed by atoms with Gasteiger partial charge in [0.05, 0.1) is 19.5 Å². The molecule has 0 unspecified atom stereocenters. The fraction of sp³-hybridized carbons (Fsp3) is 0.400. The van der Waals surface area contributed by atoms with E-state index in [0.717, 1.165) is 0 Å². The van der Waals surface area contributed by atoms with Gasteiger partial charge in [0, 0.05) is 5.82 Å². The number of hydrogen-bond acceptors (Lipinski definition) is 4. The SMILES string of the molecule is CCOP(=O)(C=Cc1ccco1)OCC. The minimum atomic E-state index is -3.10. The summed E-state index contributed by atoms with van der Waals surface area (Å²) in [7, 11) is -3.10. The quantitative estimate of drug-likeness (QED) is 0.701. The van der Waals surface area contributed by atoms with Crippen LogP contribution < -0.4 is 0 Å². The molecule has 84 valence electrons. The van der Waals surface area contributed by atoms with Gasteiger partial charge in [0.2, 0.25) is 0 Å². The lowest BCUT2D eigenvalue weighted by molar-refractivity contribution is 0.229. The molecule has 4 nitrogen and oxygen atoms in total. The molecule has 0 bridgehead atoms. The monoisotopic (exact) mass is 230 g/mol. The zero-order chi connectivity index (χ0) is 11.1. The van der Waals surface area contributed by atoms with Gasteiger partial charge in [-0.05, 0) is 32.1 Å². The zero-order valence-electron chi connectivity index (χ0n) is 8.88. The average molecular weight is 230 g/mol. The molecular formula is C10H15O4P. The first-order valence-corrected chi connectivity index (χ1v) is 6.43. The minimum Gasteiger partial charge on any atom is -0.465 e. The highest BCUT2D eigenvalue weighted by molar-refractivity contribution is 7.57. The highest BCUT2D eigenvalue weighted by Crippen LogP contribution is 2.49. The Morgan fingerprint density at radius 2 is 2.07 bits per heavy atom. The number of furan rings is 1. The smallest absolute Gasteiger partial charge is 0.354 e. The van der Waals surface area contributed by atoms with Crippen LogP contribution in [0.4, 0.5) is 0 Å². The molecule has 1 aromatic rings. The normalized spacial score (nSPS) is 12.4. The summed E-state index contributed by atoms with van der Waals surface area (Å²) in [5.41, 5.74) is 0. The Hall–Kier alpha value is -0.830. The second-order valence-corrected chi connectivity index (χ2v) is 4.60. The van der Waals surface area contributed by atoms with Gasteiger partial charge in [-0.3, -0.25) is 4.57 Å². The van der Waals surface area contributed by atoms with Crippen molar-refractivity contribution in [3.8, 4) is 0 Å². The average Bonchev–Trinajstić information content (AvgIpc) is 2.68. The fourth-order valence-corrected chi connectivity index (χ4v) is 2.33. The Bertz CT molecular complexity index is 332. The summed E-state index contributed by atoms with van der Waals surface area (Å²) in [6.07, 6.45) is 3.14. The molecule has 0 radical (unpaired) electrons. The maximum atomic E-state index is 11.9. The van der Waals surface area contributed by atoms with E-state index in [1.165, 1.54) is 5.82 Å². The zero-order valence-corrected chi connectivity index (χ0v) is 9.78. The van der Waals surface area contributed by atoms with Crippen molar-refractivity contribution in [2.24, 2.45) is 0 Å². The predicted molar refractivity (Wildman–Crippen MR) is 58.6 cm³/mol. The van der Waals surface area contributed by atoms with Crippen molar-refractivity contribution in [3.05, 3.63) is 30.0 Å². The van der Waals surface area contributed by atoms with Gasteiger partial charge in [-0.2, -0.15) is 0 Å². The van der Waals surface area contributed by atoms with Gasteiger partial charge in [0.25, 0.3) is 0 Å². The van der Waals surface area contributed by atoms with Gasteiger partial charge >= 0.3 is 7.60 Å². The first kappa shape index (κ1) is 12.2. The first-order chi connectivity index (χ1) is 7.20. The van der Waals surface area contributed by atoms with Gasteiger partial charge in [0.15, 0.2) is 0 Å². The molecule has 1 aromatic heterocycles. The van der Waals surface area contributed by atoms with Crippen LogP contribution in [0.2, 0.25) is 0 Å². The highest BCUT2D eigenvalue weighted by atomic mass is 31.2. The van der Waals surface area contributed by atoms with E-state index in [1.54, 1.807) is 38.3 Å². The van der Waals surface area contributed by atoms with Gasteiger partial charge < -0.3 is 13.5 Å². The van der Waals surface area contributed by atoms with E-state index in [9.17, 15) is 4.57 Å². The summed E-state index contributed by atoms with van der Waals surface area (Å²) < 4.78 is 27.1. The Balaban J connectivity index is 2.70. The molecular weight excluding hydrogens is 215 g/mol. The van der Waals surface area contributed by atoms with Crippen molar-refractivity contribution >= 4 is 13.7 Å². The summed E-state index contributed by atoms with van der Waals surface area (Å²) >= 11 is 0. The largest absolute Gasteiger partial charge is 0.465 e. The third-order valence-electron chi connectivity index (χ3n) is 1.58. The molecule has 0 saturated carbocycles. The van der Waals surface area contributed by atoms with Gasteiger partial charge in [-0.15, -0.1) is 0 Å². The molecule has 0 amide bonds. The highest BCUT2D eigenvalue weighted by Gasteiger charge is 2.18. The molecule has 5 heteroatoms. The van der Waals surface area contributed by atoms with Crippen molar-refractivity contribution in [1.29, 1.82) is 0 Å². The summed E-state index contributed by atoms with van der Waals surface area (Å²) in [6.45, 7) is 4.23. The molecule has 1 rings (SSSR count). The van der Waals surface area contributed by atoms with Crippen LogP contribution in [0.1, 0.15) is 19.6 Å². The fourth-order valence-electron chi connectivity index (χ4n) is 1.03. The van der Waals surface area contributed by atoms with Crippen LogP contribution in [0.3, 0.4) is 0 Å². The van der Waals surface area contributed by atoms with Crippen LogP contribution in [0.25, 0.3) is 6.08 Å². The summed E-state index contributed by atoms with van der Waals surface area (Å²) in [6, 6.07) is 3.52. The van der Waals surface area contributed by atoms with Crippen LogP contribution in [0.15, 0.2) is 28.6 Å². The lowest BCUT2D eigenvalue weighted by Gasteiger charge is -2.11. The lowest BCUT2D eigenvalue weighted by Crippen LogP contribution is -1.92. The van der Waals surface area contributed by atoms with Gasteiger partial charge in [0.1, 0.15) is 5.76 Å². The molecule has 0 aliphatic carbocycles. The third-order valence-corrected chi connectivity index (χ3v) is 3.33. The van der Waals surface area contributed by atoms with E-state index in [1.807, 2.05) is 0 Å². The Morgan fingerprint density at radius 3 is 2.53 bits per heavy atom. The van der Waals surface area contributed by atoms with E-state index in [2.05, 4.69) is 0 Å². The second kappa shape index (κ2) is 5.91. The molecule has 0 atom stereocenters. The maximum Gasteiger partial charge on any atom is 0.354 e. The van der Waals surface area contributed by atoms with Crippen LogP contribution in [0, 0.1) is 0 Å².